The Morgan fingerprint density at radius 1 is 1.19 bits per heavy atom. The maximum Gasteiger partial charge on any atom is 0.356 e. The van der Waals surface area contributed by atoms with E-state index in [1.807, 2.05) is 0 Å². The molecule has 3 N–H and O–H groups in total. The number of aromatic nitrogens is 5. The van der Waals surface area contributed by atoms with E-state index in [0.29, 0.717) is 0 Å². The van der Waals surface area contributed by atoms with Gasteiger partial charge in [0.2, 0.25) is 11.6 Å². The van der Waals surface area contributed by atoms with Crippen LogP contribution in [0.4, 0.5) is 5.95 Å². The molecule has 146 valence electrons. The lowest BCUT2D eigenvalue weighted by Gasteiger charge is -2.24. The van der Waals surface area contributed by atoms with Crippen molar-refractivity contribution in [2.24, 2.45) is 0 Å². The second kappa shape index (κ2) is 8.26. The molecule has 0 spiro atoms. The van der Waals surface area contributed by atoms with Gasteiger partial charge in [0.05, 0.1) is 24.9 Å². The second-order valence-electron chi connectivity index (χ2n) is 6.42. The summed E-state index contributed by atoms with van der Waals surface area (Å²) in [7, 11) is -3.40. The Bertz CT molecular complexity index is 834. The first-order valence-corrected chi connectivity index (χ1v) is 9.99. The molecule has 0 saturated heterocycles. The van der Waals surface area contributed by atoms with Crippen molar-refractivity contribution in [3.05, 3.63) is 10.4 Å². The van der Waals surface area contributed by atoms with Crippen molar-refractivity contribution in [3.8, 4) is 0 Å². The molecule has 1 atom stereocenters. The lowest BCUT2D eigenvalue weighted by atomic mass is 10.4. The summed E-state index contributed by atoms with van der Waals surface area (Å²) < 4.78 is 30.6. The smallest absolute Gasteiger partial charge is 0.356 e. The Labute approximate surface area is 150 Å². The standard InChI is InChI=1S/C14H25N6O5P/c1-8(2)24-26(22,25-9(3)4)7-23-10(5)6-20-11-12(18-19-20)16-14(15)17-13(11)21/h8-10H,6-7H2,1-5H3,(H3,15,16,17,21)/t10-/m0/s1. The molecular weight excluding hydrogens is 363 g/mol. The van der Waals surface area contributed by atoms with Crippen LogP contribution in [0.1, 0.15) is 34.6 Å². The number of anilines is 1. The van der Waals surface area contributed by atoms with E-state index in [-0.39, 0.29) is 42.2 Å². The number of ether oxygens (including phenoxy) is 1. The summed E-state index contributed by atoms with van der Waals surface area (Å²) >= 11 is 0. The van der Waals surface area contributed by atoms with E-state index < -0.39 is 19.3 Å². The summed E-state index contributed by atoms with van der Waals surface area (Å²) in [5, 5.41) is 7.72. The highest BCUT2D eigenvalue weighted by molar-refractivity contribution is 7.53. The zero-order valence-corrected chi connectivity index (χ0v) is 16.4. The summed E-state index contributed by atoms with van der Waals surface area (Å²) in [6.45, 7) is 9.03. The van der Waals surface area contributed by atoms with Gasteiger partial charge >= 0.3 is 7.60 Å². The quantitative estimate of drug-likeness (QED) is 0.610. The fraction of sp³-hybridized carbons (Fsp3) is 0.714. The van der Waals surface area contributed by atoms with Gasteiger partial charge in [-0.2, -0.15) is 4.98 Å². The highest BCUT2D eigenvalue weighted by Gasteiger charge is 2.29. The molecular formula is C14H25N6O5P. The van der Waals surface area contributed by atoms with Crippen LogP contribution in [0.25, 0.3) is 11.2 Å². The monoisotopic (exact) mass is 388 g/mol. The molecule has 2 rings (SSSR count). The Hall–Kier alpha value is -1.81. The van der Waals surface area contributed by atoms with E-state index in [9.17, 15) is 9.36 Å². The van der Waals surface area contributed by atoms with Crippen LogP contribution >= 0.6 is 7.60 Å². The van der Waals surface area contributed by atoms with Crippen molar-refractivity contribution in [3.63, 3.8) is 0 Å². The van der Waals surface area contributed by atoms with Gasteiger partial charge in [-0.15, -0.1) is 5.10 Å². The summed E-state index contributed by atoms with van der Waals surface area (Å²) in [5.74, 6) is -0.0311. The molecule has 2 aromatic rings. The molecule has 0 bridgehead atoms. The first-order chi connectivity index (χ1) is 12.1. The number of nitrogens with one attached hydrogen (secondary N) is 1. The van der Waals surface area contributed by atoms with Crippen LogP contribution in [0.2, 0.25) is 0 Å². The lowest BCUT2D eigenvalue weighted by molar-refractivity contribution is 0.0529. The molecule has 0 aliphatic carbocycles. The number of nitrogen functional groups attached to an aromatic ring is 1. The molecule has 11 nitrogen and oxygen atoms in total. The zero-order valence-electron chi connectivity index (χ0n) is 15.5. The van der Waals surface area contributed by atoms with E-state index in [2.05, 4.69) is 20.3 Å². The van der Waals surface area contributed by atoms with Crippen molar-refractivity contribution in [1.29, 1.82) is 0 Å². The van der Waals surface area contributed by atoms with Crippen molar-refractivity contribution in [2.75, 3.05) is 12.1 Å². The fourth-order valence-electron chi connectivity index (χ4n) is 2.29. The molecule has 12 heteroatoms. The number of fused-ring (bicyclic) bond motifs is 1. The number of aromatic amines is 1. The second-order valence-corrected chi connectivity index (χ2v) is 8.32. The Morgan fingerprint density at radius 2 is 1.81 bits per heavy atom. The van der Waals surface area contributed by atoms with Crippen molar-refractivity contribution in [1.82, 2.24) is 25.0 Å². The van der Waals surface area contributed by atoms with Crippen molar-refractivity contribution in [2.45, 2.75) is 59.5 Å². The van der Waals surface area contributed by atoms with E-state index >= 15 is 0 Å². The number of nitrogens with two attached hydrogens (primary N) is 1. The molecule has 2 heterocycles. The van der Waals surface area contributed by atoms with Gasteiger partial charge in [0, 0.05) is 0 Å². The predicted octanol–water partition coefficient (Wildman–Crippen LogP) is 1.50. The van der Waals surface area contributed by atoms with E-state index in [4.69, 9.17) is 19.5 Å². The average molecular weight is 388 g/mol. The summed E-state index contributed by atoms with van der Waals surface area (Å²) in [4.78, 5) is 18.3. The minimum Gasteiger partial charge on any atom is -0.369 e. The maximum atomic E-state index is 12.8. The molecule has 2 aromatic heterocycles. The van der Waals surface area contributed by atoms with Gasteiger partial charge in [-0.25, -0.2) is 4.68 Å². The molecule has 0 saturated carbocycles. The number of H-pyrrole nitrogens is 1. The van der Waals surface area contributed by atoms with Crippen molar-refractivity contribution >= 4 is 24.7 Å². The molecule has 0 unspecified atom stereocenters. The Balaban J connectivity index is 2.07. The Kier molecular flexibility index (Phi) is 6.51. The minimum absolute atomic E-state index is 0.0311. The van der Waals surface area contributed by atoms with Crippen molar-refractivity contribution < 1.29 is 18.3 Å². The normalized spacial score (nSPS) is 13.8. The number of rotatable bonds is 9. The van der Waals surface area contributed by atoms with E-state index in [0.717, 1.165) is 0 Å². The lowest BCUT2D eigenvalue weighted by Crippen LogP contribution is -2.22. The third kappa shape index (κ3) is 5.34. The molecule has 0 aliphatic heterocycles. The van der Waals surface area contributed by atoms with Gasteiger partial charge in [0.15, 0.2) is 5.52 Å². The summed E-state index contributed by atoms with van der Waals surface area (Å²) in [6, 6.07) is 0. The number of hydrogen-bond donors (Lipinski definition) is 2. The predicted molar refractivity (Wildman–Crippen MR) is 95.8 cm³/mol. The highest BCUT2D eigenvalue weighted by atomic mass is 31.2. The van der Waals surface area contributed by atoms with Gasteiger partial charge in [0.25, 0.3) is 5.56 Å². The molecule has 0 amide bonds. The third-order valence-electron chi connectivity index (χ3n) is 3.09. The number of nitrogens with zero attached hydrogens (tertiary/aromatic N) is 4. The third-order valence-corrected chi connectivity index (χ3v) is 5.04. The Morgan fingerprint density at radius 3 is 2.38 bits per heavy atom. The first-order valence-electron chi connectivity index (χ1n) is 8.26. The van der Waals surface area contributed by atoms with Crippen LogP contribution in [0.5, 0.6) is 0 Å². The molecule has 0 aromatic carbocycles. The molecule has 0 radical (unpaired) electrons. The van der Waals surface area contributed by atoms with Crippen LogP contribution < -0.4 is 11.3 Å². The molecule has 26 heavy (non-hydrogen) atoms. The van der Waals surface area contributed by atoms with Crippen LogP contribution in [0.15, 0.2) is 4.79 Å². The van der Waals surface area contributed by atoms with Gasteiger partial charge < -0.3 is 19.5 Å². The zero-order chi connectivity index (χ0) is 19.5. The highest BCUT2D eigenvalue weighted by Crippen LogP contribution is 2.50. The van der Waals surface area contributed by atoms with E-state index in [1.165, 1.54) is 4.68 Å². The fourth-order valence-corrected chi connectivity index (χ4v) is 4.18. The van der Waals surface area contributed by atoms with Crippen LogP contribution in [-0.4, -0.2) is 49.6 Å². The summed E-state index contributed by atoms with van der Waals surface area (Å²) in [6.07, 6.45) is -1.18. The maximum absolute atomic E-state index is 12.8. The average Bonchev–Trinajstić information content (AvgIpc) is 2.86. The summed E-state index contributed by atoms with van der Waals surface area (Å²) in [5.41, 5.74) is 5.38. The SMILES string of the molecule is CC(C)OP(=O)(CO[C@@H](C)Cn1nnc2nc(N)[nH]c(=O)c21)OC(C)C. The van der Waals surface area contributed by atoms with Gasteiger partial charge in [-0.1, -0.05) is 5.21 Å². The molecule has 0 fully saturated rings. The largest absolute Gasteiger partial charge is 0.369 e. The number of hydrogen-bond acceptors (Lipinski definition) is 9. The molecule has 0 aliphatic rings. The minimum atomic E-state index is -3.40. The van der Waals surface area contributed by atoms with Crippen LogP contribution in [0, 0.1) is 0 Å². The van der Waals surface area contributed by atoms with Gasteiger partial charge in [0.1, 0.15) is 6.35 Å². The van der Waals surface area contributed by atoms with Crippen LogP contribution in [0.3, 0.4) is 0 Å². The van der Waals surface area contributed by atoms with Crippen LogP contribution in [-0.2, 0) is 24.9 Å². The van der Waals surface area contributed by atoms with Gasteiger partial charge in [-0.05, 0) is 34.6 Å². The van der Waals surface area contributed by atoms with Gasteiger partial charge in [-0.3, -0.25) is 14.3 Å². The first kappa shape index (κ1) is 20.5. The van der Waals surface area contributed by atoms with E-state index in [1.54, 1.807) is 34.6 Å². The topological polar surface area (TPSA) is 147 Å².